The maximum atomic E-state index is 12.9. The molecule has 0 saturated heterocycles. The van der Waals surface area contributed by atoms with Crippen LogP contribution in [0.4, 0.5) is 5.69 Å². The van der Waals surface area contributed by atoms with Crippen molar-refractivity contribution >= 4 is 17.6 Å². The number of carbonyl (C=O) groups excluding carboxylic acids is 1. The summed E-state index contributed by atoms with van der Waals surface area (Å²) in [6, 6.07) is 12.6. The third-order valence-corrected chi connectivity index (χ3v) is 4.13. The fourth-order valence-corrected chi connectivity index (χ4v) is 2.90. The Bertz CT molecular complexity index is 817. The third-order valence-electron chi connectivity index (χ3n) is 4.13. The molecule has 0 radical (unpaired) electrons. The summed E-state index contributed by atoms with van der Waals surface area (Å²) >= 11 is 0. The number of aliphatic carboxylic acids is 1. The number of ether oxygens (including phenoxy) is 2. The maximum absolute atomic E-state index is 12.9. The minimum Gasteiger partial charge on any atom is -0.496 e. The van der Waals surface area contributed by atoms with E-state index in [1.54, 1.807) is 31.4 Å². The molecule has 25 heavy (non-hydrogen) atoms. The van der Waals surface area contributed by atoms with Crippen LogP contribution in [0.3, 0.4) is 0 Å². The molecule has 1 unspecified atom stereocenters. The molecular weight excluding hydrogens is 322 g/mol. The van der Waals surface area contributed by atoms with Crippen LogP contribution in [0.1, 0.15) is 11.1 Å². The molecule has 2 aromatic rings. The van der Waals surface area contributed by atoms with Gasteiger partial charge in [0, 0.05) is 5.56 Å². The van der Waals surface area contributed by atoms with E-state index < -0.39 is 12.1 Å². The molecule has 1 N–H and O–H groups in total. The molecule has 1 amide bonds. The van der Waals surface area contributed by atoms with Crippen LogP contribution in [0.15, 0.2) is 42.5 Å². The van der Waals surface area contributed by atoms with E-state index in [9.17, 15) is 14.7 Å². The van der Waals surface area contributed by atoms with Gasteiger partial charge in [-0.2, -0.15) is 0 Å². The molecular formula is C19H19NO5. The average Bonchev–Trinajstić information content (AvgIpc) is 2.60. The van der Waals surface area contributed by atoms with E-state index in [1.165, 1.54) is 4.90 Å². The summed E-state index contributed by atoms with van der Waals surface area (Å²) in [4.78, 5) is 25.7. The molecule has 0 fully saturated rings. The number of benzene rings is 2. The number of carboxylic acid groups (broad SMARTS) is 1. The van der Waals surface area contributed by atoms with Crippen LogP contribution < -0.4 is 14.4 Å². The second-order valence-corrected chi connectivity index (χ2v) is 5.91. The van der Waals surface area contributed by atoms with Crippen LogP contribution in [-0.2, 0) is 16.0 Å². The lowest BCUT2D eigenvalue weighted by Crippen LogP contribution is -2.47. The number of aryl methyl sites for hydroxylation is 1. The van der Waals surface area contributed by atoms with Crippen molar-refractivity contribution in [2.24, 2.45) is 0 Å². The van der Waals surface area contributed by atoms with Gasteiger partial charge in [-0.25, -0.2) is 4.79 Å². The Morgan fingerprint density at radius 3 is 2.76 bits per heavy atom. The number of nitrogens with zero attached hydrogens (tertiary/aromatic N) is 1. The first kappa shape index (κ1) is 16.8. The Morgan fingerprint density at radius 1 is 1.28 bits per heavy atom. The molecule has 0 bridgehead atoms. The number of para-hydroxylation sites is 2. The lowest BCUT2D eigenvalue weighted by Gasteiger charge is -2.33. The Hall–Kier alpha value is -3.02. The summed E-state index contributed by atoms with van der Waals surface area (Å²) in [5.41, 5.74) is 2.37. The number of hydrogen-bond acceptors (Lipinski definition) is 4. The topological polar surface area (TPSA) is 76.1 Å². The van der Waals surface area contributed by atoms with Gasteiger partial charge in [-0.05, 0) is 25.1 Å². The van der Waals surface area contributed by atoms with Gasteiger partial charge in [-0.3, -0.25) is 4.79 Å². The number of hydrogen-bond donors (Lipinski definition) is 1. The predicted octanol–water partition coefficient (Wildman–Crippen LogP) is 2.42. The predicted molar refractivity (Wildman–Crippen MR) is 92.3 cm³/mol. The number of carboxylic acids is 1. The largest absolute Gasteiger partial charge is 0.496 e. The second kappa shape index (κ2) is 6.84. The van der Waals surface area contributed by atoms with E-state index in [4.69, 9.17) is 9.47 Å². The Morgan fingerprint density at radius 2 is 2.04 bits per heavy atom. The van der Waals surface area contributed by atoms with Gasteiger partial charge in [0.15, 0.2) is 0 Å². The average molecular weight is 341 g/mol. The molecule has 0 aliphatic carbocycles. The fourth-order valence-electron chi connectivity index (χ4n) is 2.90. The molecule has 1 aliphatic heterocycles. The summed E-state index contributed by atoms with van der Waals surface area (Å²) in [5.74, 6) is -0.271. The number of amides is 1. The molecule has 0 spiro atoms. The van der Waals surface area contributed by atoms with Crippen molar-refractivity contribution in [1.29, 1.82) is 0 Å². The van der Waals surface area contributed by atoms with Crippen LogP contribution in [0.25, 0.3) is 0 Å². The maximum Gasteiger partial charge on any atom is 0.346 e. The van der Waals surface area contributed by atoms with E-state index in [0.717, 1.165) is 11.1 Å². The lowest BCUT2D eigenvalue weighted by atomic mass is 10.1. The van der Waals surface area contributed by atoms with Crippen molar-refractivity contribution in [2.75, 3.05) is 18.6 Å². The minimum absolute atomic E-state index is 0.0285. The fraction of sp³-hybridized carbons (Fsp3) is 0.263. The molecule has 130 valence electrons. The van der Waals surface area contributed by atoms with Gasteiger partial charge < -0.3 is 19.5 Å². The summed E-state index contributed by atoms with van der Waals surface area (Å²) in [5, 5.41) is 9.29. The molecule has 1 atom stereocenters. The molecule has 1 aliphatic rings. The Labute approximate surface area is 145 Å². The summed E-state index contributed by atoms with van der Waals surface area (Å²) in [7, 11) is 1.56. The van der Waals surface area contributed by atoms with Crippen molar-refractivity contribution < 1.29 is 24.2 Å². The van der Waals surface area contributed by atoms with Gasteiger partial charge >= 0.3 is 5.97 Å². The SMILES string of the molecule is COc1ccc(C)cc1CC(=O)N1CC(C(=O)O)Oc2ccccc21. The van der Waals surface area contributed by atoms with Crippen molar-refractivity contribution in [1.82, 2.24) is 0 Å². The van der Waals surface area contributed by atoms with Gasteiger partial charge in [-0.1, -0.05) is 29.8 Å². The van der Waals surface area contributed by atoms with Crippen LogP contribution >= 0.6 is 0 Å². The summed E-state index contributed by atoms with van der Waals surface area (Å²) in [6.07, 6.45) is -0.968. The van der Waals surface area contributed by atoms with Gasteiger partial charge in [0.1, 0.15) is 11.5 Å². The van der Waals surface area contributed by atoms with Crippen molar-refractivity contribution in [2.45, 2.75) is 19.4 Å². The van der Waals surface area contributed by atoms with Crippen molar-refractivity contribution in [3.63, 3.8) is 0 Å². The normalized spacial score (nSPS) is 15.9. The number of carbonyl (C=O) groups is 2. The molecule has 6 heteroatoms. The van der Waals surface area contributed by atoms with Crippen LogP contribution in [-0.4, -0.2) is 36.7 Å². The molecule has 2 aromatic carbocycles. The van der Waals surface area contributed by atoms with E-state index >= 15 is 0 Å². The minimum atomic E-state index is -1.10. The lowest BCUT2D eigenvalue weighted by molar-refractivity contribution is -0.145. The zero-order chi connectivity index (χ0) is 18.0. The number of methoxy groups -OCH3 is 1. The van der Waals surface area contributed by atoms with Gasteiger partial charge in [0.25, 0.3) is 0 Å². The molecule has 0 aromatic heterocycles. The smallest absolute Gasteiger partial charge is 0.346 e. The standard InChI is InChI=1S/C19H19NO5/c1-12-7-8-15(24-2)13(9-12)10-18(21)20-11-17(19(22)23)25-16-6-4-3-5-14(16)20/h3-9,17H,10-11H2,1-2H3,(H,22,23). The highest BCUT2D eigenvalue weighted by molar-refractivity contribution is 5.98. The summed E-state index contributed by atoms with van der Waals surface area (Å²) in [6.45, 7) is 1.91. The molecule has 3 rings (SSSR count). The zero-order valence-corrected chi connectivity index (χ0v) is 14.1. The first-order valence-corrected chi connectivity index (χ1v) is 7.92. The van der Waals surface area contributed by atoms with E-state index in [1.807, 2.05) is 25.1 Å². The Balaban J connectivity index is 1.91. The first-order chi connectivity index (χ1) is 12.0. The first-order valence-electron chi connectivity index (χ1n) is 7.92. The van der Waals surface area contributed by atoms with E-state index in [-0.39, 0.29) is 18.9 Å². The number of rotatable bonds is 4. The van der Waals surface area contributed by atoms with Gasteiger partial charge in [-0.15, -0.1) is 0 Å². The highest BCUT2D eigenvalue weighted by atomic mass is 16.5. The van der Waals surface area contributed by atoms with Crippen molar-refractivity contribution in [3.8, 4) is 11.5 Å². The Kier molecular flexibility index (Phi) is 4.61. The monoisotopic (exact) mass is 341 g/mol. The van der Waals surface area contributed by atoms with E-state index in [0.29, 0.717) is 17.2 Å². The zero-order valence-electron chi connectivity index (χ0n) is 14.1. The summed E-state index contributed by atoms with van der Waals surface area (Å²) < 4.78 is 10.8. The second-order valence-electron chi connectivity index (χ2n) is 5.91. The van der Waals surface area contributed by atoms with Crippen molar-refractivity contribution in [3.05, 3.63) is 53.6 Å². The third kappa shape index (κ3) is 3.42. The molecule has 0 saturated carbocycles. The van der Waals surface area contributed by atoms with E-state index in [2.05, 4.69) is 0 Å². The number of anilines is 1. The molecule has 6 nitrogen and oxygen atoms in total. The highest BCUT2D eigenvalue weighted by Crippen LogP contribution is 2.34. The molecule has 1 heterocycles. The van der Waals surface area contributed by atoms with Crippen LogP contribution in [0.2, 0.25) is 0 Å². The highest BCUT2D eigenvalue weighted by Gasteiger charge is 2.33. The number of fused-ring (bicyclic) bond motifs is 1. The van der Waals surface area contributed by atoms with Crippen LogP contribution in [0, 0.1) is 6.92 Å². The van der Waals surface area contributed by atoms with Gasteiger partial charge in [0.2, 0.25) is 12.0 Å². The van der Waals surface area contributed by atoms with Gasteiger partial charge in [0.05, 0.1) is 25.8 Å². The quantitative estimate of drug-likeness (QED) is 0.924. The van der Waals surface area contributed by atoms with Crippen LogP contribution in [0.5, 0.6) is 11.5 Å².